The van der Waals surface area contributed by atoms with Crippen molar-refractivity contribution in [2.75, 3.05) is 13.1 Å². The van der Waals surface area contributed by atoms with Crippen LogP contribution in [-0.2, 0) is 22.4 Å². The lowest BCUT2D eigenvalue weighted by atomic mass is 10.1. The third-order valence-corrected chi connectivity index (χ3v) is 5.08. The van der Waals surface area contributed by atoms with Crippen LogP contribution in [0.4, 0.5) is 0 Å². The molecule has 2 aromatic carbocycles. The standard InChI is InChI=1S/C21H24Cl2N2O2/c1-3-24-21(27)15(2)25(12-11-16-7-5-4-6-8-16)20(26)14-17-9-10-18(22)19(23)13-17/h4-10,13,15H,3,11-12,14H2,1-2H3,(H,24,27)/t15-/m0/s1. The zero-order valence-electron chi connectivity index (χ0n) is 15.5. The molecule has 0 heterocycles. The first kappa shape index (κ1) is 21.3. The molecule has 1 N–H and O–H groups in total. The summed E-state index contributed by atoms with van der Waals surface area (Å²) in [6, 6.07) is 14.5. The van der Waals surface area contributed by atoms with Crippen LogP contribution >= 0.6 is 23.2 Å². The van der Waals surface area contributed by atoms with Crippen molar-refractivity contribution in [2.45, 2.75) is 32.7 Å². The van der Waals surface area contributed by atoms with Gasteiger partial charge in [0, 0.05) is 13.1 Å². The molecule has 0 fully saturated rings. The number of carbonyl (C=O) groups excluding carboxylic acids is 2. The van der Waals surface area contributed by atoms with E-state index in [2.05, 4.69) is 5.32 Å². The number of rotatable bonds is 8. The van der Waals surface area contributed by atoms with Crippen molar-refractivity contribution in [3.8, 4) is 0 Å². The van der Waals surface area contributed by atoms with Crippen molar-refractivity contribution in [1.29, 1.82) is 0 Å². The third-order valence-electron chi connectivity index (χ3n) is 4.34. The first-order valence-corrected chi connectivity index (χ1v) is 9.73. The Morgan fingerprint density at radius 1 is 1.04 bits per heavy atom. The molecule has 0 unspecified atom stereocenters. The Labute approximate surface area is 170 Å². The van der Waals surface area contributed by atoms with Crippen molar-refractivity contribution < 1.29 is 9.59 Å². The molecule has 0 radical (unpaired) electrons. The summed E-state index contributed by atoms with van der Waals surface area (Å²) in [5.74, 6) is -0.281. The lowest BCUT2D eigenvalue weighted by Gasteiger charge is -2.28. The molecule has 2 amide bonds. The molecule has 27 heavy (non-hydrogen) atoms. The highest BCUT2D eigenvalue weighted by Gasteiger charge is 2.25. The van der Waals surface area contributed by atoms with E-state index in [0.717, 1.165) is 11.1 Å². The molecule has 0 saturated heterocycles. The largest absolute Gasteiger partial charge is 0.355 e. The molecule has 0 bridgehead atoms. The van der Waals surface area contributed by atoms with Gasteiger partial charge in [-0.05, 0) is 43.5 Å². The van der Waals surface area contributed by atoms with Gasteiger partial charge in [-0.25, -0.2) is 0 Å². The maximum Gasteiger partial charge on any atom is 0.242 e. The number of carbonyl (C=O) groups is 2. The summed E-state index contributed by atoms with van der Waals surface area (Å²) in [5.41, 5.74) is 1.88. The lowest BCUT2D eigenvalue weighted by Crippen LogP contribution is -2.49. The van der Waals surface area contributed by atoms with Gasteiger partial charge in [-0.3, -0.25) is 9.59 Å². The zero-order valence-corrected chi connectivity index (χ0v) is 17.1. The van der Waals surface area contributed by atoms with Gasteiger partial charge in [0.15, 0.2) is 0 Å². The number of nitrogens with zero attached hydrogens (tertiary/aromatic N) is 1. The van der Waals surface area contributed by atoms with Crippen molar-refractivity contribution in [3.05, 3.63) is 69.7 Å². The minimum Gasteiger partial charge on any atom is -0.355 e. The minimum atomic E-state index is -0.552. The summed E-state index contributed by atoms with van der Waals surface area (Å²) in [6.07, 6.45) is 0.840. The molecule has 2 aromatic rings. The minimum absolute atomic E-state index is 0.122. The fourth-order valence-corrected chi connectivity index (χ4v) is 3.14. The van der Waals surface area contributed by atoms with Crippen LogP contribution in [0.25, 0.3) is 0 Å². The van der Waals surface area contributed by atoms with Crippen LogP contribution in [0.5, 0.6) is 0 Å². The van der Waals surface area contributed by atoms with Crippen LogP contribution in [0.15, 0.2) is 48.5 Å². The van der Waals surface area contributed by atoms with E-state index in [1.54, 1.807) is 30.0 Å². The van der Waals surface area contributed by atoms with E-state index in [9.17, 15) is 9.59 Å². The van der Waals surface area contributed by atoms with Gasteiger partial charge in [0.05, 0.1) is 16.5 Å². The molecule has 1 atom stereocenters. The van der Waals surface area contributed by atoms with Gasteiger partial charge in [0.25, 0.3) is 0 Å². The first-order valence-electron chi connectivity index (χ1n) is 8.97. The average Bonchev–Trinajstić information content (AvgIpc) is 2.65. The van der Waals surface area contributed by atoms with E-state index in [1.165, 1.54) is 0 Å². The molecule has 2 rings (SSSR count). The van der Waals surface area contributed by atoms with Crippen LogP contribution in [0, 0.1) is 0 Å². The van der Waals surface area contributed by atoms with Crippen molar-refractivity contribution in [1.82, 2.24) is 10.2 Å². The van der Waals surface area contributed by atoms with Gasteiger partial charge in [-0.1, -0.05) is 59.6 Å². The monoisotopic (exact) mass is 406 g/mol. The quantitative estimate of drug-likeness (QED) is 0.716. The predicted octanol–water partition coefficient (Wildman–Crippen LogP) is 4.13. The topological polar surface area (TPSA) is 49.4 Å². The molecule has 6 heteroatoms. The maximum atomic E-state index is 13.0. The van der Waals surface area contributed by atoms with Crippen molar-refractivity contribution >= 4 is 35.0 Å². The second kappa shape index (κ2) is 10.3. The fraction of sp³-hybridized carbons (Fsp3) is 0.333. The van der Waals surface area contributed by atoms with Crippen LogP contribution in [0.2, 0.25) is 10.0 Å². The Morgan fingerprint density at radius 3 is 2.37 bits per heavy atom. The van der Waals surface area contributed by atoms with Gasteiger partial charge in [-0.15, -0.1) is 0 Å². The van der Waals surface area contributed by atoms with Crippen molar-refractivity contribution in [3.63, 3.8) is 0 Å². The van der Waals surface area contributed by atoms with E-state index in [0.29, 0.717) is 29.6 Å². The third kappa shape index (κ3) is 6.26. The number of hydrogen-bond acceptors (Lipinski definition) is 2. The van der Waals surface area contributed by atoms with E-state index >= 15 is 0 Å². The molecule has 0 aliphatic heterocycles. The molecule has 0 aliphatic carbocycles. The van der Waals surface area contributed by atoms with Crippen molar-refractivity contribution in [2.24, 2.45) is 0 Å². The summed E-state index contributed by atoms with van der Waals surface area (Å²) in [7, 11) is 0. The van der Waals surface area contributed by atoms with E-state index in [-0.39, 0.29) is 18.2 Å². The van der Waals surface area contributed by atoms with Gasteiger partial charge in [0.2, 0.25) is 11.8 Å². The summed E-state index contributed by atoms with van der Waals surface area (Å²) in [4.78, 5) is 26.9. The Balaban J connectivity index is 2.14. The summed E-state index contributed by atoms with van der Waals surface area (Å²) < 4.78 is 0. The molecule has 144 valence electrons. The predicted molar refractivity (Wildman–Crippen MR) is 110 cm³/mol. The molecule has 0 aromatic heterocycles. The highest BCUT2D eigenvalue weighted by Crippen LogP contribution is 2.23. The van der Waals surface area contributed by atoms with Crippen LogP contribution in [0.3, 0.4) is 0 Å². The number of nitrogens with one attached hydrogen (secondary N) is 1. The Bertz CT molecular complexity index is 781. The van der Waals surface area contributed by atoms with E-state index < -0.39 is 6.04 Å². The van der Waals surface area contributed by atoms with Crippen LogP contribution < -0.4 is 5.32 Å². The molecule has 0 aliphatic rings. The second-order valence-electron chi connectivity index (χ2n) is 6.32. The van der Waals surface area contributed by atoms with Gasteiger partial charge in [0.1, 0.15) is 6.04 Å². The number of halogens is 2. The molecule has 0 saturated carbocycles. The normalized spacial score (nSPS) is 11.7. The maximum absolute atomic E-state index is 13.0. The summed E-state index contributed by atoms with van der Waals surface area (Å²) in [6.45, 7) is 4.60. The van der Waals surface area contributed by atoms with Crippen LogP contribution in [0.1, 0.15) is 25.0 Å². The molecular formula is C21H24Cl2N2O2. The lowest BCUT2D eigenvalue weighted by molar-refractivity contribution is -0.139. The highest BCUT2D eigenvalue weighted by molar-refractivity contribution is 6.42. The second-order valence-corrected chi connectivity index (χ2v) is 7.13. The van der Waals surface area contributed by atoms with E-state index in [4.69, 9.17) is 23.2 Å². The summed E-state index contributed by atoms with van der Waals surface area (Å²) >= 11 is 12.0. The number of amides is 2. The smallest absolute Gasteiger partial charge is 0.242 e. The zero-order chi connectivity index (χ0) is 19.8. The fourth-order valence-electron chi connectivity index (χ4n) is 2.82. The molecular weight excluding hydrogens is 383 g/mol. The average molecular weight is 407 g/mol. The molecule has 4 nitrogen and oxygen atoms in total. The number of hydrogen-bond donors (Lipinski definition) is 1. The number of likely N-dealkylation sites (N-methyl/N-ethyl adjacent to an activating group) is 1. The van der Waals surface area contributed by atoms with Gasteiger partial charge in [-0.2, -0.15) is 0 Å². The number of benzene rings is 2. The highest BCUT2D eigenvalue weighted by atomic mass is 35.5. The molecule has 0 spiro atoms. The first-order chi connectivity index (χ1) is 12.9. The Kier molecular flexibility index (Phi) is 8.14. The Morgan fingerprint density at radius 2 is 1.74 bits per heavy atom. The van der Waals surface area contributed by atoms with Crippen LogP contribution in [-0.4, -0.2) is 35.8 Å². The summed E-state index contributed by atoms with van der Waals surface area (Å²) in [5, 5.41) is 3.65. The van der Waals surface area contributed by atoms with E-state index in [1.807, 2.05) is 37.3 Å². The van der Waals surface area contributed by atoms with Gasteiger partial charge >= 0.3 is 0 Å². The SMILES string of the molecule is CCNC(=O)[C@H](C)N(CCc1ccccc1)C(=O)Cc1ccc(Cl)c(Cl)c1. The Hall–Kier alpha value is -2.04. The van der Waals surface area contributed by atoms with Gasteiger partial charge < -0.3 is 10.2 Å².